The number of nitrogens with two attached hydrogens (primary N) is 1. The molecule has 13 heteroatoms. The van der Waals surface area contributed by atoms with Gasteiger partial charge < -0.3 is 26.4 Å². The number of carbonyl (C=O) groups excluding carboxylic acids is 2. The summed E-state index contributed by atoms with van der Waals surface area (Å²) in [4.78, 5) is 30.2. The summed E-state index contributed by atoms with van der Waals surface area (Å²) in [6.07, 6.45) is 6.25. The molecule has 5 N–H and O–H groups in total. The summed E-state index contributed by atoms with van der Waals surface area (Å²) < 4.78 is 5.42. The van der Waals surface area contributed by atoms with E-state index in [9.17, 15) is 9.59 Å². The first-order chi connectivity index (χ1) is 17.2. The van der Waals surface area contributed by atoms with Gasteiger partial charge in [0.25, 0.3) is 5.91 Å². The smallest absolute Gasteiger partial charge is 0.407 e. The molecule has 2 atom stereocenters. The third-order valence-electron chi connectivity index (χ3n) is 5.45. The van der Waals surface area contributed by atoms with Gasteiger partial charge in [0.05, 0.1) is 24.1 Å². The Labute approximate surface area is 208 Å². The van der Waals surface area contributed by atoms with Crippen molar-refractivity contribution < 1.29 is 14.3 Å². The van der Waals surface area contributed by atoms with Crippen LogP contribution in [0.25, 0.3) is 5.82 Å². The van der Waals surface area contributed by atoms with Crippen LogP contribution in [-0.4, -0.2) is 59.9 Å². The fourth-order valence-corrected chi connectivity index (χ4v) is 3.94. The van der Waals surface area contributed by atoms with E-state index in [4.69, 9.17) is 10.5 Å². The zero-order chi connectivity index (χ0) is 25.7. The maximum atomic E-state index is 12.3. The van der Waals surface area contributed by atoms with E-state index in [1.807, 2.05) is 20.8 Å². The number of alkyl carbamates (subject to hydrolysis) is 1. The van der Waals surface area contributed by atoms with Crippen molar-refractivity contribution in [2.75, 3.05) is 10.6 Å². The van der Waals surface area contributed by atoms with Crippen molar-refractivity contribution in [1.82, 2.24) is 35.5 Å². The van der Waals surface area contributed by atoms with Crippen LogP contribution in [0.2, 0.25) is 0 Å². The summed E-state index contributed by atoms with van der Waals surface area (Å²) in [6.45, 7) is 5.47. The maximum Gasteiger partial charge on any atom is 0.407 e. The highest BCUT2D eigenvalue weighted by molar-refractivity contribution is 5.97. The molecule has 1 saturated carbocycles. The number of carbonyl (C=O) groups is 2. The van der Waals surface area contributed by atoms with Crippen LogP contribution in [0, 0.1) is 0 Å². The molecule has 36 heavy (non-hydrogen) atoms. The average Bonchev–Trinajstić information content (AvgIpc) is 3.34. The molecule has 2 amide bonds. The first-order valence-electron chi connectivity index (χ1n) is 11.7. The van der Waals surface area contributed by atoms with E-state index >= 15 is 0 Å². The molecule has 1 aliphatic carbocycles. The lowest BCUT2D eigenvalue weighted by molar-refractivity contribution is 0.0488. The van der Waals surface area contributed by atoms with Gasteiger partial charge in [0.2, 0.25) is 0 Å². The van der Waals surface area contributed by atoms with E-state index in [1.54, 1.807) is 36.7 Å². The number of hydrogen-bond acceptors (Lipinski definition) is 10. The number of nitrogens with one attached hydrogen (secondary N) is 3. The average molecular weight is 495 g/mol. The van der Waals surface area contributed by atoms with Crippen molar-refractivity contribution in [2.45, 2.75) is 64.1 Å². The van der Waals surface area contributed by atoms with Gasteiger partial charge in [-0.2, -0.15) is 10.2 Å². The van der Waals surface area contributed by atoms with Gasteiger partial charge in [-0.15, -0.1) is 15.0 Å². The number of ether oxygens (including phenoxy) is 1. The molecular weight excluding hydrogens is 464 g/mol. The van der Waals surface area contributed by atoms with Crippen molar-refractivity contribution in [2.24, 2.45) is 5.73 Å². The number of rotatable bonds is 7. The van der Waals surface area contributed by atoms with Crippen molar-refractivity contribution in [3.05, 3.63) is 42.4 Å². The first kappa shape index (κ1) is 24.8. The third kappa shape index (κ3) is 6.43. The number of hydrogen-bond donors (Lipinski definition) is 4. The second-order valence-electron chi connectivity index (χ2n) is 9.47. The highest BCUT2D eigenvalue weighted by Crippen LogP contribution is 2.25. The molecule has 0 aliphatic heterocycles. The van der Waals surface area contributed by atoms with Crippen LogP contribution in [0.1, 0.15) is 56.9 Å². The lowest BCUT2D eigenvalue weighted by Gasteiger charge is -2.33. The van der Waals surface area contributed by atoms with E-state index in [0.29, 0.717) is 23.1 Å². The first-order valence-corrected chi connectivity index (χ1v) is 11.7. The van der Waals surface area contributed by atoms with Crippen LogP contribution in [0.3, 0.4) is 0 Å². The van der Waals surface area contributed by atoms with Crippen LogP contribution in [0.15, 0.2) is 36.7 Å². The van der Waals surface area contributed by atoms with Gasteiger partial charge in [0.1, 0.15) is 11.4 Å². The predicted molar refractivity (Wildman–Crippen MR) is 132 cm³/mol. The quantitative estimate of drug-likeness (QED) is 0.382. The maximum absolute atomic E-state index is 12.3. The van der Waals surface area contributed by atoms with Gasteiger partial charge in [-0.3, -0.25) is 4.79 Å². The highest BCUT2D eigenvalue weighted by Gasteiger charge is 2.29. The van der Waals surface area contributed by atoms with Crippen LogP contribution in [0.4, 0.5) is 22.1 Å². The predicted octanol–water partition coefficient (Wildman–Crippen LogP) is 2.54. The second kappa shape index (κ2) is 10.5. The topological polar surface area (TPSA) is 175 Å². The Morgan fingerprint density at radius 2 is 1.78 bits per heavy atom. The van der Waals surface area contributed by atoms with E-state index in [-0.39, 0.29) is 17.8 Å². The zero-order valence-electron chi connectivity index (χ0n) is 20.4. The molecule has 3 aromatic rings. The minimum absolute atomic E-state index is 0.0305. The number of anilines is 3. The molecule has 13 nitrogen and oxygen atoms in total. The highest BCUT2D eigenvalue weighted by atomic mass is 16.6. The Kier molecular flexibility index (Phi) is 7.27. The molecule has 4 rings (SSSR count). The fourth-order valence-electron chi connectivity index (χ4n) is 3.94. The van der Waals surface area contributed by atoms with Gasteiger partial charge in [-0.1, -0.05) is 18.9 Å². The second-order valence-corrected chi connectivity index (χ2v) is 9.47. The number of nitrogens with zero attached hydrogens (tertiary/aromatic N) is 6. The van der Waals surface area contributed by atoms with Crippen molar-refractivity contribution in [3.8, 4) is 5.82 Å². The minimum atomic E-state index is -0.733. The van der Waals surface area contributed by atoms with E-state index in [0.717, 1.165) is 25.7 Å². The fraction of sp³-hybridized carbons (Fsp3) is 0.435. The summed E-state index contributed by atoms with van der Waals surface area (Å²) in [7, 11) is 0. The number of amides is 2. The molecule has 1 fully saturated rings. The molecule has 2 unspecified atom stereocenters. The molecule has 1 aliphatic rings. The standard InChI is InChI=1S/C23H30N10O3/c1-23(2,3)36-22(35)29-15-8-5-4-7-14(15)27-18-13-16(20(21(24)34)32-31-18)28-17-9-6-10-19(30-17)33-25-11-12-26-33/h6,9-15H,4-5,7-8H2,1-3H3,(H2,24,34)(H,29,35)(H2,27,28,30,31). The molecule has 0 aromatic carbocycles. The van der Waals surface area contributed by atoms with Gasteiger partial charge in [-0.25, -0.2) is 9.78 Å². The molecule has 0 radical (unpaired) electrons. The van der Waals surface area contributed by atoms with Crippen LogP contribution < -0.4 is 21.7 Å². The van der Waals surface area contributed by atoms with Gasteiger partial charge >= 0.3 is 6.09 Å². The zero-order valence-corrected chi connectivity index (χ0v) is 20.4. The lowest BCUT2D eigenvalue weighted by Crippen LogP contribution is -2.49. The monoisotopic (exact) mass is 494 g/mol. The summed E-state index contributed by atoms with van der Waals surface area (Å²) in [6, 6.07) is 6.65. The summed E-state index contributed by atoms with van der Waals surface area (Å²) in [5.41, 5.74) is 5.25. The number of primary amides is 1. The Balaban J connectivity index is 1.53. The molecule has 190 valence electrons. The summed E-state index contributed by atoms with van der Waals surface area (Å²) in [5, 5.41) is 25.7. The molecule has 0 spiro atoms. The largest absolute Gasteiger partial charge is 0.444 e. The normalized spacial score (nSPS) is 17.8. The van der Waals surface area contributed by atoms with E-state index in [1.165, 1.54) is 4.80 Å². The van der Waals surface area contributed by atoms with Gasteiger partial charge in [-0.05, 0) is 45.7 Å². The van der Waals surface area contributed by atoms with Crippen LogP contribution in [0.5, 0.6) is 0 Å². The molecule has 3 heterocycles. The minimum Gasteiger partial charge on any atom is -0.444 e. The Bertz CT molecular complexity index is 1210. The Morgan fingerprint density at radius 1 is 1.06 bits per heavy atom. The summed E-state index contributed by atoms with van der Waals surface area (Å²) >= 11 is 0. The van der Waals surface area contributed by atoms with Crippen molar-refractivity contribution in [3.63, 3.8) is 0 Å². The van der Waals surface area contributed by atoms with Gasteiger partial charge in [0, 0.05) is 12.1 Å². The molecule has 3 aromatic heterocycles. The molecule has 0 bridgehead atoms. The van der Waals surface area contributed by atoms with E-state index < -0.39 is 17.6 Å². The van der Waals surface area contributed by atoms with E-state index in [2.05, 4.69) is 41.3 Å². The Morgan fingerprint density at radius 3 is 2.47 bits per heavy atom. The third-order valence-corrected chi connectivity index (χ3v) is 5.45. The summed E-state index contributed by atoms with van der Waals surface area (Å²) in [5.74, 6) is 0.622. The lowest BCUT2D eigenvalue weighted by atomic mass is 9.90. The number of aromatic nitrogens is 6. The van der Waals surface area contributed by atoms with Crippen LogP contribution >= 0.6 is 0 Å². The molecular formula is C23H30N10O3. The Hall–Kier alpha value is -4.29. The SMILES string of the molecule is CC(C)(C)OC(=O)NC1CCCCC1Nc1cc(Nc2cccc(-n3nccn3)n2)c(C(N)=O)nn1. The van der Waals surface area contributed by atoms with Crippen LogP contribution in [-0.2, 0) is 4.74 Å². The van der Waals surface area contributed by atoms with Crippen molar-refractivity contribution >= 4 is 29.3 Å². The molecule has 0 saturated heterocycles. The van der Waals surface area contributed by atoms with Gasteiger partial charge in [0.15, 0.2) is 17.3 Å². The number of pyridine rings is 1. The van der Waals surface area contributed by atoms with Crippen molar-refractivity contribution in [1.29, 1.82) is 0 Å².